The Morgan fingerprint density at radius 3 is 2.39 bits per heavy atom. The Morgan fingerprint density at radius 2 is 1.81 bits per heavy atom. The zero-order valence-electron chi connectivity index (χ0n) is 16.2. The first kappa shape index (κ1) is 23.0. The van der Waals surface area contributed by atoms with E-state index in [4.69, 9.17) is 0 Å². The van der Waals surface area contributed by atoms with Crippen molar-refractivity contribution in [3.63, 3.8) is 0 Å². The van der Waals surface area contributed by atoms with E-state index < -0.39 is 28.0 Å². The number of rotatable bonds is 9. The zero-order valence-corrected chi connectivity index (χ0v) is 17.0. The monoisotopic (exact) mass is 460 g/mol. The molecule has 2 aromatic rings. The maximum atomic E-state index is 13.4. The van der Waals surface area contributed by atoms with Crippen molar-refractivity contribution in [3.05, 3.63) is 59.9 Å². The molecule has 0 bridgehead atoms. The molecule has 1 aliphatic carbocycles. The van der Waals surface area contributed by atoms with Crippen LogP contribution in [0.15, 0.2) is 53.4 Å². The van der Waals surface area contributed by atoms with Gasteiger partial charge >= 0.3 is 6.36 Å². The largest absolute Gasteiger partial charge is 0.573 e. The molecule has 1 N–H and O–H groups in total. The number of alkyl halides is 3. The molecule has 0 heterocycles. The number of carbonyl (C=O) groups excluding carboxylic acids is 1. The summed E-state index contributed by atoms with van der Waals surface area (Å²) in [6.07, 6.45) is -3.32. The van der Waals surface area contributed by atoms with Gasteiger partial charge in [0.15, 0.2) is 0 Å². The molecular formula is C20H20F4N2O4S. The molecule has 1 aliphatic rings. The molecule has 0 radical (unpaired) electrons. The van der Waals surface area contributed by atoms with Crippen LogP contribution in [-0.2, 0) is 21.4 Å². The summed E-state index contributed by atoms with van der Waals surface area (Å²) in [6.45, 7) is 0.0447. The Labute approximate surface area is 176 Å². The first-order chi connectivity index (χ1) is 14.5. The van der Waals surface area contributed by atoms with Gasteiger partial charge in [0.1, 0.15) is 11.6 Å². The predicted molar refractivity (Wildman–Crippen MR) is 103 cm³/mol. The number of ether oxygens (including phenoxy) is 1. The summed E-state index contributed by atoms with van der Waals surface area (Å²) >= 11 is 0. The molecule has 1 saturated carbocycles. The second kappa shape index (κ2) is 9.23. The van der Waals surface area contributed by atoms with E-state index in [2.05, 4.69) is 9.46 Å². The average Bonchev–Trinajstić information content (AvgIpc) is 3.50. The molecule has 1 amide bonds. The van der Waals surface area contributed by atoms with Crippen LogP contribution < -0.4 is 9.46 Å². The molecule has 0 atom stereocenters. The summed E-state index contributed by atoms with van der Waals surface area (Å²) in [5, 5.41) is 0. The van der Waals surface area contributed by atoms with Crippen LogP contribution in [0.25, 0.3) is 0 Å². The number of benzene rings is 2. The third kappa shape index (κ3) is 6.93. The molecule has 31 heavy (non-hydrogen) atoms. The van der Waals surface area contributed by atoms with Crippen molar-refractivity contribution in [2.75, 3.05) is 6.54 Å². The van der Waals surface area contributed by atoms with E-state index in [-0.39, 0.29) is 36.4 Å². The smallest absolute Gasteiger partial charge is 0.406 e. The minimum Gasteiger partial charge on any atom is -0.406 e. The Balaban J connectivity index is 1.55. The van der Waals surface area contributed by atoms with Crippen LogP contribution in [0.2, 0.25) is 0 Å². The summed E-state index contributed by atoms with van der Waals surface area (Å²) in [5.74, 6) is -1.22. The lowest BCUT2D eigenvalue weighted by Crippen LogP contribution is -2.35. The molecule has 0 unspecified atom stereocenters. The van der Waals surface area contributed by atoms with Crippen LogP contribution in [0.3, 0.4) is 0 Å². The van der Waals surface area contributed by atoms with Crippen LogP contribution >= 0.6 is 0 Å². The first-order valence-electron chi connectivity index (χ1n) is 9.43. The first-order valence-corrected chi connectivity index (χ1v) is 10.9. The number of carbonyl (C=O) groups is 1. The lowest BCUT2D eigenvalue weighted by atomic mass is 10.2. The van der Waals surface area contributed by atoms with Gasteiger partial charge in [0.2, 0.25) is 15.9 Å². The topological polar surface area (TPSA) is 75.7 Å². The van der Waals surface area contributed by atoms with Gasteiger partial charge in [-0.2, -0.15) is 0 Å². The minimum atomic E-state index is -4.88. The van der Waals surface area contributed by atoms with Crippen LogP contribution in [0.4, 0.5) is 17.6 Å². The summed E-state index contributed by atoms with van der Waals surface area (Å²) in [7, 11) is -4.02. The number of amides is 1. The van der Waals surface area contributed by atoms with Crippen LogP contribution in [0.5, 0.6) is 5.75 Å². The zero-order chi connectivity index (χ0) is 22.6. The van der Waals surface area contributed by atoms with Gasteiger partial charge in [0, 0.05) is 25.6 Å². The number of nitrogens with one attached hydrogen (secondary N) is 1. The van der Waals surface area contributed by atoms with Gasteiger partial charge in [-0.3, -0.25) is 4.79 Å². The third-order valence-corrected chi connectivity index (χ3v) is 6.03. The molecule has 1 fully saturated rings. The number of hydrogen-bond donors (Lipinski definition) is 1. The number of hydrogen-bond acceptors (Lipinski definition) is 4. The molecule has 0 spiro atoms. The Morgan fingerprint density at radius 1 is 1.13 bits per heavy atom. The van der Waals surface area contributed by atoms with Gasteiger partial charge in [-0.25, -0.2) is 17.5 Å². The number of nitrogens with zero attached hydrogens (tertiary/aromatic N) is 1. The Hall–Kier alpha value is -2.66. The SMILES string of the molecule is O=C(CCNS(=O)(=O)c1ccc(OC(F)(F)F)cc1)N(Cc1cccc(F)c1)C1CC1. The van der Waals surface area contributed by atoms with E-state index in [1.54, 1.807) is 17.0 Å². The summed E-state index contributed by atoms with van der Waals surface area (Å²) < 4.78 is 80.6. The van der Waals surface area contributed by atoms with Gasteiger partial charge in [0.25, 0.3) is 0 Å². The van der Waals surface area contributed by atoms with Crippen molar-refractivity contribution in [3.8, 4) is 5.75 Å². The minimum absolute atomic E-state index is 0.0496. The van der Waals surface area contributed by atoms with Crippen LogP contribution in [0, 0.1) is 5.82 Å². The van der Waals surface area contributed by atoms with Crippen molar-refractivity contribution in [2.45, 2.75) is 43.1 Å². The third-order valence-electron chi connectivity index (χ3n) is 4.55. The fourth-order valence-corrected chi connectivity index (χ4v) is 4.01. The molecular weight excluding hydrogens is 440 g/mol. The Bertz CT molecular complexity index is 1020. The van der Waals surface area contributed by atoms with Gasteiger partial charge in [0.05, 0.1) is 4.90 Å². The molecule has 11 heteroatoms. The Kier molecular flexibility index (Phi) is 6.85. The molecule has 2 aromatic carbocycles. The predicted octanol–water partition coefficient (Wildman–Crippen LogP) is 3.58. The summed E-state index contributed by atoms with van der Waals surface area (Å²) in [6, 6.07) is 9.70. The molecule has 0 saturated heterocycles. The van der Waals surface area contributed by atoms with Gasteiger partial charge in [-0.05, 0) is 54.8 Å². The van der Waals surface area contributed by atoms with Crippen LogP contribution in [0.1, 0.15) is 24.8 Å². The van der Waals surface area contributed by atoms with Crippen molar-refractivity contribution in [2.24, 2.45) is 0 Å². The van der Waals surface area contributed by atoms with Gasteiger partial charge in [-0.15, -0.1) is 13.2 Å². The lowest BCUT2D eigenvalue weighted by molar-refractivity contribution is -0.274. The maximum absolute atomic E-state index is 13.4. The van der Waals surface area contributed by atoms with Gasteiger partial charge in [-0.1, -0.05) is 12.1 Å². The van der Waals surface area contributed by atoms with E-state index in [1.165, 1.54) is 12.1 Å². The van der Waals surface area contributed by atoms with Crippen molar-refractivity contribution < 1.29 is 35.5 Å². The van der Waals surface area contributed by atoms with E-state index in [1.807, 2.05) is 0 Å². The van der Waals surface area contributed by atoms with Gasteiger partial charge < -0.3 is 9.64 Å². The number of halogens is 4. The van der Waals surface area contributed by atoms with E-state index in [9.17, 15) is 30.8 Å². The normalized spacial score (nSPS) is 14.3. The molecule has 168 valence electrons. The quantitative estimate of drug-likeness (QED) is 0.581. The summed E-state index contributed by atoms with van der Waals surface area (Å²) in [5.41, 5.74) is 0.641. The van der Waals surface area contributed by atoms with E-state index in [0.717, 1.165) is 37.1 Å². The van der Waals surface area contributed by atoms with Crippen LogP contribution in [-0.4, -0.2) is 38.2 Å². The average molecular weight is 460 g/mol. The molecule has 0 aliphatic heterocycles. The van der Waals surface area contributed by atoms with Crippen molar-refractivity contribution in [1.29, 1.82) is 0 Å². The molecule has 3 rings (SSSR count). The van der Waals surface area contributed by atoms with Crippen molar-refractivity contribution in [1.82, 2.24) is 9.62 Å². The molecule has 0 aromatic heterocycles. The second-order valence-electron chi connectivity index (χ2n) is 7.05. The number of sulfonamides is 1. The van der Waals surface area contributed by atoms with Crippen molar-refractivity contribution >= 4 is 15.9 Å². The highest BCUT2D eigenvalue weighted by molar-refractivity contribution is 7.89. The fourth-order valence-electron chi connectivity index (χ4n) is 2.98. The van der Waals surface area contributed by atoms with E-state index >= 15 is 0 Å². The fraction of sp³-hybridized carbons (Fsp3) is 0.350. The highest BCUT2D eigenvalue weighted by Gasteiger charge is 2.33. The standard InChI is InChI=1S/C20H20F4N2O4S/c21-15-3-1-2-14(12-15)13-26(16-4-5-16)19(27)10-11-25-31(28,29)18-8-6-17(7-9-18)30-20(22,23)24/h1-3,6-9,12,16,25H,4-5,10-11,13H2. The summed E-state index contributed by atoms with van der Waals surface area (Å²) in [4.78, 5) is 13.9. The highest BCUT2D eigenvalue weighted by atomic mass is 32.2. The lowest BCUT2D eigenvalue weighted by Gasteiger charge is -2.23. The maximum Gasteiger partial charge on any atom is 0.573 e. The second-order valence-corrected chi connectivity index (χ2v) is 8.82. The molecule has 6 nitrogen and oxygen atoms in total. The van der Waals surface area contributed by atoms with E-state index in [0.29, 0.717) is 5.56 Å². The highest BCUT2D eigenvalue weighted by Crippen LogP contribution is 2.29.